The van der Waals surface area contributed by atoms with E-state index in [-0.39, 0.29) is 24.9 Å². The molecule has 0 aliphatic carbocycles. The Labute approximate surface area is 122 Å². The van der Waals surface area contributed by atoms with Crippen LogP contribution in [-0.2, 0) is 16.1 Å². The predicted molar refractivity (Wildman–Crippen MR) is 74.4 cm³/mol. The number of benzene rings is 1. The minimum atomic E-state index is -0.632. The number of carbonyl (C=O) groups is 2. The highest BCUT2D eigenvalue weighted by Crippen LogP contribution is 2.11. The topological polar surface area (TPSA) is 61.4 Å². The summed E-state index contributed by atoms with van der Waals surface area (Å²) in [7, 11) is 1.66. The smallest absolute Gasteiger partial charge is 0.234 e. The normalized spacial score (nSPS) is 10.5. The Morgan fingerprint density at radius 1 is 1.19 bits per heavy atom. The third kappa shape index (κ3) is 6.80. The lowest BCUT2D eigenvalue weighted by molar-refractivity contribution is -0.122. The van der Waals surface area contributed by atoms with Crippen LogP contribution >= 0.6 is 0 Å². The molecule has 1 aromatic rings. The lowest BCUT2D eigenvalue weighted by atomic mass is 10.2. The van der Waals surface area contributed by atoms with Crippen LogP contribution in [0.3, 0.4) is 0 Å². The summed E-state index contributed by atoms with van der Waals surface area (Å²) in [5, 5.41) is 5.18. The first-order valence-electron chi connectivity index (χ1n) is 6.52. The van der Waals surface area contributed by atoms with Gasteiger partial charge in [0.25, 0.3) is 0 Å². The second kappa shape index (κ2) is 8.31. The van der Waals surface area contributed by atoms with Crippen molar-refractivity contribution in [3.05, 3.63) is 35.4 Å². The van der Waals surface area contributed by atoms with E-state index in [9.17, 15) is 18.4 Å². The Morgan fingerprint density at radius 2 is 1.86 bits per heavy atom. The minimum Gasteiger partial charge on any atom is -0.355 e. The molecule has 1 aromatic carbocycles. The molecule has 0 atom stereocenters. The van der Waals surface area contributed by atoms with Crippen molar-refractivity contribution in [3.63, 3.8) is 0 Å². The molecule has 0 aliphatic heterocycles. The first-order chi connectivity index (χ1) is 9.88. The zero-order chi connectivity index (χ0) is 15.8. The average Bonchev–Trinajstić information content (AvgIpc) is 2.38. The number of halogens is 2. The number of hydrogen-bond donors (Lipinski definition) is 2. The summed E-state index contributed by atoms with van der Waals surface area (Å²) in [6.07, 6.45) is 0. The van der Waals surface area contributed by atoms with Gasteiger partial charge in [0, 0.05) is 38.2 Å². The molecule has 1 rings (SSSR count). The molecule has 2 N–H and O–H groups in total. The van der Waals surface area contributed by atoms with Crippen LogP contribution in [0.15, 0.2) is 18.2 Å². The van der Waals surface area contributed by atoms with Crippen molar-refractivity contribution in [3.8, 4) is 0 Å². The fourth-order valence-corrected chi connectivity index (χ4v) is 1.74. The third-order valence-corrected chi connectivity index (χ3v) is 2.69. The van der Waals surface area contributed by atoms with Crippen LogP contribution in [0.4, 0.5) is 8.78 Å². The van der Waals surface area contributed by atoms with Crippen molar-refractivity contribution < 1.29 is 18.4 Å². The molecule has 116 valence electrons. The van der Waals surface area contributed by atoms with Crippen molar-refractivity contribution in [2.24, 2.45) is 0 Å². The highest BCUT2D eigenvalue weighted by molar-refractivity contribution is 5.78. The molecule has 0 bridgehead atoms. The second-order valence-corrected chi connectivity index (χ2v) is 4.74. The van der Waals surface area contributed by atoms with Gasteiger partial charge in [-0.15, -0.1) is 0 Å². The largest absolute Gasteiger partial charge is 0.355 e. The fraction of sp³-hybridized carbons (Fsp3) is 0.429. The van der Waals surface area contributed by atoms with Crippen molar-refractivity contribution in [2.75, 3.05) is 26.7 Å². The molecule has 2 amide bonds. The summed E-state index contributed by atoms with van der Waals surface area (Å²) in [4.78, 5) is 23.9. The lowest BCUT2D eigenvalue weighted by Gasteiger charge is -2.16. The maximum Gasteiger partial charge on any atom is 0.234 e. The molecule has 0 aliphatic rings. The molecule has 0 saturated heterocycles. The molecule has 0 aromatic heterocycles. The lowest BCUT2D eigenvalue weighted by Crippen LogP contribution is -2.39. The van der Waals surface area contributed by atoms with Gasteiger partial charge in [0.05, 0.1) is 6.54 Å². The van der Waals surface area contributed by atoms with Gasteiger partial charge in [-0.1, -0.05) is 6.07 Å². The van der Waals surface area contributed by atoms with Crippen molar-refractivity contribution in [2.45, 2.75) is 13.5 Å². The second-order valence-electron chi connectivity index (χ2n) is 4.74. The van der Waals surface area contributed by atoms with Crippen LogP contribution in [0.1, 0.15) is 12.5 Å². The number of likely N-dealkylation sites (N-methyl/N-ethyl adjacent to an activating group) is 1. The summed E-state index contributed by atoms with van der Waals surface area (Å²) in [5.74, 6) is -1.65. The van der Waals surface area contributed by atoms with Crippen LogP contribution in [0, 0.1) is 11.6 Å². The van der Waals surface area contributed by atoms with Crippen LogP contribution in [0.25, 0.3) is 0 Å². The van der Waals surface area contributed by atoms with Gasteiger partial charge in [-0.3, -0.25) is 14.5 Å². The summed E-state index contributed by atoms with van der Waals surface area (Å²) in [6, 6.07) is 3.35. The van der Waals surface area contributed by atoms with Gasteiger partial charge in [-0.25, -0.2) is 8.78 Å². The van der Waals surface area contributed by atoms with Gasteiger partial charge in [-0.05, 0) is 13.1 Å². The van der Waals surface area contributed by atoms with E-state index in [1.165, 1.54) is 19.1 Å². The van der Waals surface area contributed by atoms with Gasteiger partial charge in [0.15, 0.2) is 0 Å². The fourth-order valence-electron chi connectivity index (χ4n) is 1.74. The zero-order valence-electron chi connectivity index (χ0n) is 12.1. The number of carbonyl (C=O) groups excluding carboxylic acids is 2. The van der Waals surface area contributed by atoms with E-state index in [1.807, 2.05) is 0 Å². The zero-order valence-corrected chi connectivity index (χ0v) is 12.1. The van der Waals surface area contributed by atoms with Gasteiger partial charge in [-0.2, -0.15) is 0 Å². The van der Waals surface area contributed by atoms with E-state index in [4.69, 9.17) is 0 Å². The van der Waals surface area contributed by atoms with Crippen molar-refractivity contribution in [1.29, 1.82) is 0 Å². The Balaban J connectivity index is 2.34. The molecular weight excluding hydrogens is 280 g/mol. The monoisotopic (exact) mass is 299 g/mol. The maximum absolute atomic E-state index is 13.5. The van der Waals surface area contributed by atoms with Crippen LogP contribution < -0.4 is 10.6 Å². The van der Waals surface area contributed by atoms with Gasteiger partial charge in [0.1, 0.15) is 11.6 Å². The predicted octanol–water partition coefficient (Wildman–Crippen LogP) is 0.649. The summed E-state index contributed by atoms with van der Waals surface area (Å²) in [6.45, 7) is 2.36. The maximum atomic E-state index is 13.5. The molecule has 0 spiro atoms. The average molecular weight is 299 g/mol. The molecule has 0 heterocycles. The number of nitrogens with one attached hydrogen (secondary N) is 2. The molecular formula is C14H19F2N3O2. The number of amides is 2. The Bertz CT molecular complexity index is 509. The van der Waals surface area contributed by atoms with Crippen LogP contribution in [0.5, 0.6) is 0 Å². The highest BCUT2D eigenvalue weighted by atomic mass is 19.1. The molecule has 0 radical (unpaired) electrons. The summed E-state index contributed by atoms with van der Waals surface area (Å²) < 4.78 is 26.2. The van der Waals surface area contributed by atoms with E-state index < -0.39 is 11.6 Å². The van der Waals surface area contributed by atoms with E-state index in [2.05, 4.69) is 10.6 Å². The molecule has 0 unspecified atom stereocenters. The third-order valence-electron chi connectivity index (χ3n) is 2.69. The highest BCUT2D eigenvalue weighted by Gasteiger charge is 2.10. The molecule has 0 saturated carbocycles. The number of rotatable bonds is 7. The van der Waals surface area contributed by atoms with E-state index in [1.54, 1.807) is 11.9 Å². The minimum absolute atomic E-state index is 0.0802. The molecule has 5 nitrogen and oxygen atoms in total. The Kier molecular flexibility index (Phi) is 6.74. The standard InChI is InChI=1S/C14H19F2N3O2/c1-10(20)17-5-6-18-14(21)9-19(2)8-11-3-4-12(15)7-13(11)16/h3-4,7H,5-6,8-9H2,1-2H3,(H,17,20)(H,18,21). The van der Waals surface area contributed by atoms with Gasteiger partial charge >= 0.3 is 0 Å². The van der Waals surface area contributed by atoms with Gasteiger partial charge in [0.2, 0.25) is 11.8 Å². The van der Waals surface area contributed by atoms with E-state index in [0.717, 1.165) is 6.07 Å². The van der Waals surface area contributed by atoms with Crippen molar-refractivity contribution >= 4 is 11.8 Å². The molecule has 7 heteroatoms. The number of nitrogens with zero attached hydrogens (tertiary/aromatic N) is 1. The molecule has 21 heavy (non-hydrogen) atoms. The molecule has 0 fully saturated rings. The number of hydrogen-bond acceptors (Lipinski definition) is 3. The van der Waals surface area contributed by atoms with E-state index >= 15 is 0 Å². The quantitative estimate of drug-likeness (QED) is 0.727. The van der Waals surface area contributed by atoms with Crippen molar-refractivity contribution in [1.82, 2.24) is 15.5 Å². The summed E-state index contributed by atoms with van der Waals surface area (Å²) in [5.41, 5.74) is 0.324. The summed E-state index contributed by atoms with van der Waals surface area (Å²) >= 11 is 0. The van der Waals surface area contributed by atoms with Crippen LogP contribution in [0.2, 0.25) is 0 Å². The van der Waals surface area contributed by atoms with E-state index in [0.29, 0.717) is 18.7 Å². The first-order valence-corrected chi connectivity index (χ1v) is 6.52. The SMILES string of the molecule is CC(=O)NCCNC(=O)CN(C)Cc1ccc(F)cc1F. The first kappa shape index (κ1) is 17.0. The van der Waals surface area contributed by atoms with Crippen LogP contribution in [-0.4, -0.2) is 43.4 Å². The Hall–Kier alpha value is -2.02. The Morgan fingerprint density at radius 3 is 2.48 bits per heavy atom. The van der Waals surface area contributed by atoms with Gasteiger partial charge < -0.3 is 10.6 Å².